The van der Waals surface area contributed by atoms with Gasteiger partial charge in [0.15, 0.2) is 0 Å². The molecule has 0 spiro atoms. The van der Waals surface area contributed by atoms with Crippen LogP contribution in [0.15, 0.2) is 12.4 Å². The van der Waals surface area contributed by atoms with Crippen LogP contribution in [-0.2, 0) is 0 Å². The molecule has 3 nitrogen and oxygen atoms in total. The fourth-order valence-corrected chi connectivity index (χ4v) is 2.47. The predicted octanol–water partition coefficient (Wildman–Crippen LogP) is 3.20. The molecular weight excluding hydrogens is 210 g/mol. The second-order valence-electron chi connectivity index (χ2n) is 5.83. The average molecular weight is 231 g/mol. The first-order valence-electron chi connectivity index (χ1n) is 6.82. The Morgan fingerprint density at radius 3 is 2.29 bits per heavy atom. The number of anilines is 1. The summed E-state index contributed by atoms with van der Waals surface area (Å²) in [5.41, 5.74) is 1.13. The molecular formula is C14H21N3. The van der Waals surface area contributed by atoms with Gasteiger partial charge in [-0.2, -0.15) is 0 Å². The summed E-state index contributed by atoms with van der Waals surface area (Å²) >= 11 is 0. The van der Waals surface area contributed by atoms with E-state index in [4.69, 9.17) is 0 Å². The highest BCUT2D eigenvalue weighted by molar-refractivity contribution is 5.38. The van der Waals surface area contributed by atoms with Crippen LogP contribution in [0.1, 0.15) is 51.1 Å². The topological polar surface area (TPSA) is 37.8 Å². The molecule has 1 heterocycles. The number of hydrogen-bond acceptors (Lipinski definition) is 3. The average Bonchev–Trinajstić information content (AvgIpc) is 3.16. The first kappa shape index (κ1) is 11.0. The number of nitrogens with zero attached hydrogens (tertiary/aromatic N) is 2. The van der Waals surface area contributed by atoms with Crippen molar-refractivity contribution in [2.45, 2.75) is 51.5 Å². The van der Waals surface area contributed by atoms with Gasteiger partial charge in [-0.05, 0) is 43.4 Å². The monoisotopic (exact) mass is 231 g/mol. The molecule has 1 N–H and O–H groups in total. The van der Waals surface area contributed by atoms with Gasteiger partial charge in [-0.25, -0.2) is 9.97 Å². The maximum absolute atomic E-state index is 4.36. The smallest absolute Gasteiger partial charge is 0.129 e. The van der Waals surface area contributed by atoms with Crippen LogP contribution in [-0.4, -0.2) is 16.0 Å². The summed E-state index contributed by atoms with van der Waals surface area (Å²) in [5, 5.41) is 3.65. The summed E-state index contributed by atoms with van der Waals surface area (Å²) in [6.45, 7) is 4.34. The molecule has 3 rings (SSSR count). The highest BCUT2D eigenvalue weighted by Gasteiger charge is 2.41. The van der Waals surface area contributed by atoms with Crippen LogP contribution in [0, 0.1) is 11.8 Å². The fraction of sp³-hybridized carbons (Fsp3) is 0.714. The van der Waals surface area contributed by atoms with Crippen LogP contribution < -0.4 is 5.32 Å². The molecule has 0 amide bonds. The van der Waals surface area contributed by atoms with Crippen molar-refractivity contribution < 1.29 is 0 Å². The van der Waals surface area contributed by atoms with Gasteiger partial charge in [0.2, 0.25) is 0 Å². The Labute approximate surface area is 103 Å². The quantitative estimate of drug-likeness (QED) is 0.845. The zero-order chi connectivity index (χ0) is 11.8. The molecule has 0 radical (unpaired) electrons. The van der Waals surface area contributed by atoms with E-state index < -0.39 is 0 Å². The van der Waals surface area contributed by atoms with E-state index in [0.717, 1.165) is 23.3 Å². The minimum atomic E-state index is 0.471. The highest BCUT2D eigenvalue weighted by Crippen LogP contribution is 2.45. The molecule has 1 aromatic rings. The Kier molecular flexibility index (Phi) is 2.77. The molecule has 0 bridgehead atoms. The molecule has 0 aromatic carbocycles. The van der Waals surface area contributed by atoms with Crippen molar-refractivity contribution in [3.05, 3.63) is 18.1 Å². The zero-order valence-corrected chi connectivity index (χ0v) is 10.7. The Hall–Kier alpha value is -1.12. The van der Waals surface area contributed by atoms with Crippen LogP contribution in [0.25, 0.3) is 0 Å². The molecule has 92 valence electrons. The third-order valence-corrected chi connectivity index (χ3v) is 3.85. The molecule has 3 heteroatoms. The maximum atomic E-state index is 4.36. The minimum absolute atomic E-state index is 0.471. The minimum Gasteiger partial charge on any atom is -0.367 e. The van der Waals surface area contributed by atoms with Gasteiger partial charge in [0.25, 0.3) is 0 Å². The van der Waals surface area contributed by atoms with Crippen LogP contribution in [0.5, 0.6) is 0 Å². The van der Waals surface area contributed by atoms with Crippen molar-refractivity contribution in [3.8, 4) is 0 Å². The molecule has 0 unspecified atom stereocenters. The largest absolute Gasteiger partial charge is 0.367 e. The molecule has 0 saturated heterocycles. The number of hydrogen-bond donors (Lipinski definition) is 1. The number of rotatable bonds is 5. The first-order chi connectivity index (χ1) is 8.24. The Morgan fingerprint density at radius 2 is 1.76 bits per heavy atom. The van der Waals surface area contributed by atoms with Crippen molar-refractivity contribution in [2.75, 3.05) is 5.32 Å². The molecule has 2 aliphatic carbocycles. The summed E-state index contributed by atoms with van der Waals surface area (Å²) in [4.78, 5) is 8.68. The predicted molar refractivity (Wildman–Crippen MR) is 69.0 cm³/mol. The van der Waals surface area contributed by atoms with Gasteiger partial charge in [-0.15, -0.1) is 0 Å². The molecule has 0 atom stereocenters. The van der Waals surface area contributed by atoms with E-state index in [2.05, 4.69) is 35.2 Å². The van der Waals surface area contributed by atoms with Gasteiger partial charge < -0.3 is 5.32 Å². The van der Waals surface area contributed by atoms with Crippen molar-refractivity contribution in [3.63, 3.8) is 0 Å². The van der Waals surface area contributed by atoms with E-state index in [9.17, 15) is 0 Å². The molecule has 2 aliphatic rings. The molecule has 2 fully saturated rings. The Balaban J connectivity index is 1.72. The standard InChI is InChI=1S/C14H21N3/c1-9(2)12-7-13(16-8-15-12)17-14(10-3-4-10)11-5-6-11/h7-11,14H,3-6H2,1-2H3,(H,15,16,17). The fourth-order valence-electron chi connectivity index (χ4n) is 2.47. The van der Waals surface area contributed by atoms with E-state index in [-0.39, 0.29) is 0 Å². The van der Waals surface area contributed by atoms with E-state index in [1.54, 1.807) is 6.33 Å². The lowest BCUT2D eigenvalue weighted by molar-refractivity contribution is 0.565. The van der Waals surface area contributed by atoms with Crippen molar-refractivity contribution in [1.29, 1.82) is 0 Å². The van der Waals surface area contributed by atoms with Gasteiger partial charge in [-0.1, -0.05) is 13.8 Å². The number of nitrogens with one attached hydrogen (secondary N) is 1. The third-order valence-electron chi connectivity index (χ3n) is 3.85. The van der Waals surface area contributed by atoms with Gasteiger partial charge in [0.1, 0.15) is 12.1 Å². The van der Waals surface area contributed by atoms with Crippen LogP contribution >= 0.6 is 0 Å². The Bertz CT molecular complexity index is 382. The summed E-state index contributed by atoms with van der Waals surface area (Å²) in [5.74, 6) is 3.30. The van der Waals surface area contributed by atoms with E-state index in [0.29, 0.717) is 12.0 Å². The van der Waals surface area contributed by atoms with Gasteiger partial charge in [0.05, 0.1) is 0 Å². The third kappa shape index (κ3) is 2.59. The van der Waals surface area contributed by atoms with Crippen molar-refractivity contribution >= 4 is 5.82 Å². The van der Waals surface area contributed by atoms with E-state index in [1.165, 1.54) is 25.7 Å². The van der Waals surface area contributed by atoms with Gasteiger partial charge >= 0.3 is 0 Å². The zero-order valence-electron chi connectivity index (χ0n) is 10.7. The van der Waals surface area contributed by atoms with Crippen LogP contribution in [0.4, 0.5) is 5.82 Å². The van der Waals surface area contributed by atoms with Crippen molar-refractivity contribution in [1.82, 2.24) is 9.97 Å². The van der Waals surface area contributed by atoms with E-state index in [1.807, 2.05) is 0 Å². The Morgan fingerprint density at radius 1 is 1.12 bits per heavy atom. The second kappa shape index (κ2) is 4.28. The summed E-state index contributed by atoms with van der Waals surface area (Å²) in [7, 11) is 0. The molecule has 0 aliphatic heterocycles. The maximum Gasteiger partial charge on any atom is 0.129 e. The van der Waals surface area contributed by atoms with E-state index >= 15 is 0 Å². The summed E-state index contributed by atoms with van der Waals surface area (Å²) < 4.78 is 0. The summed E-state index contributed by atoms with van der Waals surface area (Å²) in [6.07, 6.45) is 7.29. The molecule has 17 heavy (non-hydrogen) atoms. The second-order valence-corrected chi connectivity index (χ2v) is 5.83. The van der Waals surface area contributed by atoms with Gasteiger partial charge in [0, 0.05) is 17.8 Å². The highest BCUT2D eigenvalue weighted by atomic mass is 15.1. The lowest BCUT2D eigenvalue weighted by atomic mass is 10.1. The van der Waals surface area contributed by atoms with Crippen LogP contribution in [0.3, 0.4) is 0 Å². The molecule has 1 aromatic heterocycles. The SMILES string of the molecule is CC(C)c1cc(NC(C2CC2)C2CC2)ncn1. The first-order valence-corrected chi connectivity index (χ1v) is 6.82. The summed E-state index contributed by atoms with van der Waals surface area (Å²) in [6, 6.07) is 2.78. The van der Waals surface area contributed by atoms with Crippen molar-refractivity contribution in [2.24, 2.45) is 11.8 Å². The normalized spacial score (nSPS) is 20.0. The molecule has 2 saturated carbocycles. The van der Waals surface area contributed by atoms with Crippen LogP contribution in [0.2, 0.25) is 0 Å². The lowest BCUT2D eigenvalue weighted by Gasteiger charge is -2.18. The lowest BCUT2D eigenvalue weighted by Crippen LogP contribution is -2.24. The van der Waals surface area contributed by atoms with Gasteiger partial charge in [-0.3, -0.25) is 0 Å². The number of aromatic nitrogens is 2.